The normalized spacial score (nSPS) is 23.2. The molecule has 1 rings (SSSR count). The molecular formula is C12H25NO2. The van der Waals surface area contributed by atoms with Crippen LogP contribution in [0.3, 0.4) is 0 Å². The first-order valence-corrected chi connectivity index (χ1v) is 6.31. The molecule has 0 saturated carbocycles. The van der Waals surface area contributed by atoms with Crippen LogP contribution in [0.5, 0.6) is 0 Å². The fourth-order valence-electron chi connectivity index (χ4n) is 2.09. The molecule has 0 aromatic rings. The minimum absolute atomic E-state index is 0.301. The van der Waals surface area contributed by atoms with Gasteiger partial charge in [-0.3, -0.25) is 4.90 Å². The Morgan fingerprint density at radius 2 is 2.20 bits per heavy atom. The second-order valence-electron chi connectivity index (χ2n) is 4.33. The molecule has 1 aliphatic heterocycles. The van der Waals surface area contributed by atoms with Gasteiger partial charge < -0.3 is 9.84 Å². The monoisotopic (exact) mass is 215 g/mol. The summed E-state index contributed by atoms with van der Waals surface area (Å²) in [6, 6.07) is 0.383. The van der Waals surface area contributed by atoms with Gasteiger partial charge in [-0.2, -0.15) is 0 Å². The highest BCUT2D eigenvalue weighted by Crippen LogP contribution is 2.15. The smallest absolute Gasteiger partial charge is 0.0593 e. The predicted molar refractivity (Wildman–Crippen MR) is 62.0 cm³/mol. The number of piperidine rings is 1. The second-order valence-corrected chi connectivity index (χ2v) is 4.33. The zero-order valence-electron chi connectivity index (χ0n) is 9.95. The molecule has 3 heteroatoms. The number of unbranched alkanes of at least 4 members (excludes halogenated alkanes) is 1. The van der Waals surface area contributed by atoms with Crippen molar-refractivity contribution in [3.63, 3.8) is 0 Å². The second kappa shape index (κ2) is 8.08. The Morgan fingerprint density at radius 1 is 1.33 bits per heavy atom. The lowest BCUT2D eigenvalue weighted by atomic mass is 10.0. The van der Waals surface area contributed by atoms with Crippen molar-refractivity contribution in [2.45, 2.75) is 45.1 Å². The molecule has 0 radical (unpaired) electrons. The number of hydrogen-bond acceptors (Lipinski definition) is 3. The van der Waals surface area contributed by atoms with Crippen molar-refractivity contribution in [3.8, 4) is 0 Å². The Morgan fingerprint density at radius 3 is 2.93 bits per heavy atom. The maximum Gasteiger partial charge on any atom is 0.0593 e. The largest absolute Gasteiger partial charge is 0.395 e. The van der Waals surface area contributed by atoms with Gasteiger partial charge in [0.05, 0.1) is 13.2 Å². The number of ether oxygens (including phenoxy) is 1. The van der Waals surface area contributed by atoms with Crippen LogP contribution in [0.2, 0.25) is 0 Å². The third-order valence-corrected chi connectivity index (χ3v) is 3.12. The molecule has 0 aliphatic carbocycles. The maximum atomic E-state index is 9.22. The van der Waals surface area contributed by atoms with E-state index in [1.807, 2.05) is 0 Å². The molecule has 0 amide bonds. The van der Waals surface area contributed by atoms with Gasteiger partial charge in [0.2, 0.25) is 0 Å². The number of aliphatic hydroxyl groups excluding tert-OH is 1. The lowest BCUT2D eigenvalue weighted by Gasteiger charge is -2.34. The van der Waals surface area contributed by atoms with E-state index < -0.39 is 0 Å². The summed E-state index contributed by atoms with van der Waals surface area (Å²) in [5, 5.41) is 9.22. The number of rotatable bonds is 7. The van der Waals surface area contributed by atoms with Crippen LogP contribution in [0.15, 0.2) is 0 Å². The van der Waals surface area contributed by atoms with E-state index in [9.17, 15) is 5.11 Å². The summed E-state index contributed by atoms with van der Waals surface area (Å²) in [6.45, 7) is 6.28. The Hall–Kier alpha value is -0.120. The van der Waals surface area contributed by atoms with Gasteiger partial charge >= 0.3 is 0 Å². The summed E-state index contributed by atoms with van der Waals surface area (Å²) in [7, 11) is 0. The van der Waals surface area contributed by atoms with Crippen LogP contribution in [0.25, 0.3) is 0 Å². The van der Waals surface area contributed by atoms with Gasteiger partial charge in [0.25, 0.3) is 0 Å². The fourth-order valence-corrected chi connectivity index (χ4v) is 2.09. The number of hydrogen-bond donors (Lipinski definition) is 1. The molecule has 0 aromatic carbocycles. The van der Waals surface area contributed by atoms with Gasteiger partial charge in [0.15, 0.2) is 0 Å². The lowest BCUT2D eigenvalue weighted by Crippen LogP contribution is -2.43. The van der Waals surface area contributed by atoms with E-state index in [2.05, 4.69) is 11.8 Å². The van der Waals surface area contributed by atoms with E-state index in [1.54, 1.807) is 0 Å². The van der Waals surface area contributed by atoms with Crippen molar-refractivity contribution >= 4 is 0 Å². The Bertz CT molecular complexity index is 153. The zero-order chi connectivity index (χ0) is 10.9. The molecule has 1 N–H and O–H groups in total. The summed E-state index contributed by atoms with van der Waals surface area (Å²) < 4.78 is 5.55. The third kappa shape index (κ3) is 4.96. The van der Waals surface area contributed by atoms with Crippen LogP contribution < -0.4 is 0 Å². The van der Waals surface area contributed by atoms with Crippen molar-refractivity contribution in [1.29, 1.82) is 0 Å². The number of aliphatic hydroxyl groups is 1. The van der Waals surface area contributed by atoms with Gasteiger partial charge in [0, 0.05) is 19.2 Å². The van der Waals surface area contributed by atoms with Crippen molar-refractivity contribution in [1.82, 2.24) is 4.90 Å². The lowest BCUT2D eigenvalue weighted by molar-refractivity contribution is 0.0484. The van der Waals surface area contributed by atoms with Gasteiger partial charge in [-0.25, -0.2) is 0 Å². The molecular weight excluding hydrogens is 190 g/mol. The van der Waals surface area contributed by atoms with Crippen molar-refractivity contribution in [2.24, 2.45) is 0 Å². The molecule has 3 nitrogen and oxygen atoms in total. The summed E-state index contributed by atoms with van der Waals surface area (Å²) in [5.74, 6) is 0. The van der Waals surface area contributed by atoms with E-state index in [0.29, 0.717) is 12.6 Å². The average Bonchev–Trinajstić information content (AvgIpc) is 2.29. The van der Waals surface area contributed by atoms with E-state index in [4.69, 9.17) is 4.74 Å². The number of likely N-dealkylation sites (tertiary alicyclic amines) is 1. The van der Waals surface area contributed by atoms with Crippen molar-refractivity contribution in [2.75, 3.05) is 32.9 Å². The summed E-state index contributed by atoms with van der Waals surface area (Å²) in [6.07, 6.45) is 6.03. The predicted octanol–water partition coefficient (Wildman–Crippen LogP) is 1.65. The first kappa shape index (κ1) is 12.9. The molecule has 0 unspecified atom stereocenters. The van der Waals surface area contributed by atoms with Gasteiger partial charge in [-0.15, -0.1) is 0 Å². The third-order valence-electron chi connectivity index (χ3n) is 3.12. The van der Waals surface area contributed by atoms with E-state index in [-0.39, 0.29) is 0 Å². The van der Waals surface area contributed by atoms with Crippen molar-refractivity contribution in [3.05, 3.63) is 0 Å². The maximum absolute atomic E-state index is 9.22. The Kier molecular flexibility index (Phi) is 6.98. The Labute approximate surface area is 93.4 Å². The molecule has 1 saturated heterocycles. The fraction of sp³-hybridized carbons (Fsp3) is 1.00. The molecule has 1 fully saturated rings. The van der Waals surface area contributed by atoms with E-state index in [1.165, 1.54) is 19.3 Å². The molecule has 0 aromatic heterocycles. The topological polar surface area (TPSA) is 32.7 Å². The molecule has 0 bridgehead atoms. The highest BCUT2D eigenvalue weighted by Gasteiger charge is 2.20. The minimum atomic E-state index is 0.301. The van der Waals surface area contributed by atoms with Crippen LogP contribution in [0.4, 0.5) is 0 Å². The average molecular weight is 215 g/mol. The molecule has 1 atom stereocenters. The van der Waals surface area contributed by atoms with Gasteiger partial charge in [-0.1, -0.05) is 19.8 Å². The summed E-state index contributed by atoms with van der Waals surface area (Å²) in [5.41, 5.74) is 0. The van der Waals surface area contributed by atoms with E-state index in [0.717, 1.165) is 39.1 Å². The van der Waals surface area contributed by atoms with Crippen LogP contribution in [-0.4, -0.2) is 49.0 Å². The zero-order valence-corrected chi connectivity index (χ0v) is 9.95. The van der Waals surface area contributed by atoms with Crippen LogP contribution in [0, 0.1) is 0 Å². The number of nitrogens with zero attached hydrogens (tertiary/aromatic N) is 1. The van der Waals surface area contributed by atoms with Crippen LogP contribution >= 0.6 is 0 Å². The minimum Gasteiger partial charge on any atom is -0.395 e. The molecule has 0 spiro atoms. The summed E-state index contributed by atoms with van der Waals surface area (Å²) in [4.78, 5) is 2.37. The molecule has 90 valence electrons. The quantitative estimate of drug-likeness (QED) is 0.655. The molecule has 1 heterocycles. The highest BCUT2D eigenvalue weighted by molar-refractivity contribution is 4.75. The van der Waals surface area contributed by atoms with E-state index >= 15 is 0 Å². The first-order valence-electron chi connectivity index (χ1n) is 6.31. The van der Waals surface area contributed by atoms with Crippen molar-refractivity contribution < 1.29 is 9.84 Å². The van der Waals surface area contributed by atoms with Crippen LogP contribution in [-0.2, 0) is 4.74 Å². The van der Waals surface area contributed by atoms with Crippen LogP contribution in [0.1, 0.15) is 39.0 Å². The van der Waals surface area contributed by atoms with Gasteiger partial charge in [0.1, 0.15) is 0 Å². The Balaban J connectivity index is 2.07. The highest BCUT2D eigenvalue weighted by atomic mass is 16.5. The molecule has 1 aliphatic rings. The molecule has 15 heavy (non-hydrogen) atoms. The summed E-state index contributed by atoms with van der Waals surface area (Å²) >= 11 is 0. The standard InChI is InChI=1S/C12H25NO2/c1-2-3-9-15-10-8-13-7-5-4-6-12(13)11-14/h12,14H,2-11H2,1H3/t12-/m1/s1. The SMILES string of the molecule is CCCCOCCN1CCCC[C@@H]1CO. The van der Waals surface area contributed by atoms with Gasteiger partial charge in [-0.05, 0) is 25.8 Å². The first-order chi connectivity index (χ1) is 7.38.